The van der Waals surface area contributed by atoms with Crippen LogP contribution in [0.15, 0.2) is 24.4 Å². The number of piperidine rings is 1. The zero-order valence-corrected chi connectivity index (χ0v) is 15.0. The second-order valence-electron chi connectivity index (χ2n) is 7.30. The van der Waals surface area contributed by atoms with Gasteiger partial charge in [0.25, 0.3) is 0 Å². The summed E-state index contributed by atoms with van der Waals surface area (Å²) >= 11 is 0. The number of hydrogen-bond acceptors (Lipinski definition) is 5. The third-order valence-electron chi connectivity index (χ3n) is 5.27. The molecule has 1 N–H and O–H groups in total. The highest BCUT2D eigenvalue weighted by Gasteiger charge is 2.21. The van der Waals surface area contributed by atoms with Gasteiger partial charge in [0.1, 0.15) is 0 Å². The summed E-state index contributed by atoms with van der Waals surface area (Å²) in [5.74, 6) is 1.48. The summed E-state index contributed by atoms with van der Waals surface area (Å²) in [5, 5.41) is 3.45. The molecule has 0 amide bonds. The van der Waals surface area contributed by atoms with Crippen molar-refractivity contribution in [3.8, 4) is 0 Å². The molecule has 0 spiro atoms. The average molecular weight is 337 g/mol. The lowest BCUT2D eigenvalue weighted by Gasteiger charge is -2.24. The Morgan fingerprint density at radius 1 is 1.08 bits per heavy atom. The van der Waals surface area contributed by atoms with E-state index in [9.17, 15) is 0 Å². The van der Waals surface area contributed by atoms with Gasteiger partial charge in [-0.1, -0.05) is 0 Å². The fraction of sp³-hybridized carbons (Fsp3) is 0.550. The van der Waals surface area contributed by atoms with Gasteiger partial charge in [-0.2, -0.15) is 0 Å². The summed E-state index contributed by atoms with van der Waals surface area (Å²) in [5.41, 5.74) is 4.66. The smallest absolute Gasteiger partial charge is 0.225 e. The number of rotatable bonds is 4. The van der Waals surface area contributed by atoms with E-state index in [0.717, 1.165) is 49.9 Å². The monoisotopic (exact) mass is 337 g/mol. The molecule has 0 aliphatic carbocycles. The molecule has 4 heterocycles. The molecule has 5 heteroatoms. The van der Waals surface area contributed by atoms with Crippen molar-refractivity contribution in [2.24, 2.45) is 0 Å². The number of aromatic nitrogens is 3. The largest absolute Gasteiger partial charge is 0.341 e. The molecule has 132 valence electrons. The average Bonchev–Trinajstić information content (AvgIpc) is 3.17. The van der Waals surface area contributed by atoms with Gasteiger partial charge >= 0.3 is 0 Å². The number of nitrogens with zero attached hydrogens (tertiary/aromatic N) is 4. The number of anilines is 1. The first-order chi connectivity index (χ1) is 12.3. The second-order valence-corrected chi connectivity index (χ2v) is 7.30. The van der Waals surface area contributed by atoms with Crippen LogP contribution in [0.3, 0.4) is 0 Å². The Kier molecular flexibility index (Phi) is 4.92. The Balaban J connectivity index is 1.65. The van der Waals surface area contributed by atoms with Crippen molar-refractivity contribution in [2.75, 3.05) is 31.1 Å². The van der Waals surface area contributed by atoms with Crippen LogP contribution in [0.2, 0.25) is 0 Å². The molecule has 2 aliphatic rings. The fourth-order valence-corrected chi connectivity index (χ4v) is 3.86. The van der Waals surface area contributed by atoms with Crippen LogP contribution in [-0.2, 0) is 6.42 Å². The fourth-order valence-electron chi connectivity index (χ4n) is 3.86. The van der Waals surface area contributed by atoms with Crippen LogP contribution in [0.4, 0.5) is 5.95 Å². The summed E-state index contributed by atoms with van der Waals surface area (Å²) < 4.78 is 0. The lowest BCUT2D eigenvalue weighted by molar-refractivity contribution is 0.452. The third kappa shape index (κ3) is 3.98. The molecule has 0 radical (unpaired) electrons. The van der Waals surface area contributed by atoms with Crippen molar-refractivity contribution in [3.05, 3.63) is 47.0 Å². The highest BCUT2D eigenvalue weighted by molar-refractivity contribution is 5.36. The molecule has 0 bridgehead atoms. The van der Waals surface area contributed by atoms with Gasteiger partial charge in [-0.05, 0) is 69.5 Å². The van der Waals surface area contributed by atoms with Crippen molar-refractivity contribution in [1.29, 1.82) is 0 Å². The third-order valence-corrected chi connectivity index (χ3v) is 5.27. The zero-order valence-electron chi connectivity index (χ0n) is 15.0. The summed E-state index contributed by atoms with van der Waals surface area (Å²) in [4.78, 5) is 16.7. The van der Waals surface area contributed by atoms with Gasteiger partial charge in [-0.25, -0.2) is 9.97 Å². The van der Waals surface area contributed by atoms with Gasteiger partial charge in [-0.15, -0.1) is 0 Å². The van der Waals surface area contributed by atoms with Crippen molar-refractivity contribution < 1.29 is 0 Å². The van der Waals surface area contributed by atoms with Crippen LogP contribution in [-0.4, -0.2) is 41.1 Å². The van der Waals surface area contributed by atoms with Crippen LogP contribution >= 0.6 is 0 Å². The maximum absolute atomic E-state index is 4.96. The van der Waals surface area contributed by atoms with E-state index in [0.29, 0.717) is 5.92 Å². The molecule has 2 aromatic rings. The maximum atomic E-state index is 4.96. The van der Waals surface area contributed by atoms with E-state index in [1.807, 2.05) is 12.3 Å². The summed E-state index contributed by atoms with van der Waals surface area (Å²) in [6.45, 7) is 6.45. The van der Waals surface area contributed by atoms with Crippen LogP contribution in [0, 0.1) is 6.92 Å². The minimum Gasteiger partial charge on any atom is -0.341 e. The molecule has 0 unspecified atom stereocenters. The molecule has 5 nitrogen and oxygen atoms in total. The van der Waals surface area contributed by atoms with Crippen molar-refractivity contribution in [1.82, 2.24) is 20.3 Å². The number of nitrogens with one attached hydrogen (secondary N) is 1. The molecule has 25 heavy (non-hydrogen) atoms. The Bertz CT molecular complexity index is 718. The maximum Gasteiger partial charge on any atom is 0.225 e. The Morgan fingerprint density at radius 3 is 2.64 bits per heavy atom. The van der Waals surface area contributed by atoms with E-state index in [1.54, 1.807) is 0 Å². The quantitative estimate of drug-likeness (QED) is 0.930. The predicted octanol–water partition coefficient (Wildman–Crippen LogP) is 2.84. The van der Waals surface area contributed by atoms with E-state index in [4.69, 9.17) is 9.97 Å². The number of aryl methyl sites for hydroxylation is 1. The molecule has 2 fully saturated rings. The summed E-state index contributed by atoms with van der Waals surface area (Å²) in [7, 11) is 0. The first-order valence-corrected chi connectivity index (χ1v) is 9.53. The van der Waals surface area contributed by atoms with Crippen molar-refractivity contribution in [3.63, 3.8) is 0 Å². The molecule has 2 saturated heterocycles. The molecule has 0 atom stereocenters. The van der Waals surface area contributed by atoms with Gasteiger partial charge in [0.05, 0.1) is 5.69 Å². The normalized spacial score (nSPS) is 18.7. The molecule has 2 aliphatic heterocycles. The molecule has 2 aromatic heterocycles. The van der Waals surface area contributed by atoms with Crippen molar-refractivity contribution in [2.45, 2.75) is 44.9 Å². The Labute approximate surface area is 149 Å². The van der Waals surface area contributed by atoms with Crippen LogP contribution in [0.5, 0.6) is 0 Å². The molecule has 0 aromatic carbocycles. The summed E-state index contributed by atoms with van der Waals surface area (Å²) in [6.07, 6.45) is 7.49. The molecule has 4 rings (SSSR count). The molecule has 0 saturated carbocycles. The number of pyridine rings is 1. The van der Waals surface area contributed by atoms with Gasteiger partial charge in [0.2, 0.25) is 5.95 Å². The Hall–Kier alpha value is -2.01. The van der Waals surface area contributed by atoms with E-state index >= 15 is 0 Å². The lowest BCUT2D eigenvalue weighted by Crippen LogP contribution is -2.28. The summed E-state index contributed by atoms with van der Waals surface area (Å²) in [6, 6.07) is 6.42. The lowest BCUT2D eigenvalue weighted by atomic mass is 9.93. The molecular weight excluding hydrogens is 310 g/mol. The van der Waals surface area contributed by atoms with Crippen LogP contribution in [0.1, 0.15) is 54.2 Å². The SMILES string of the molecule is Cc1ccnc(Cc2cc(C3CCNCC3)nc(N3CCCC3)n2)c1. The van der Waals surface area contributed by atoms with Crippen molar-refractivity contribution >= 4 is 5.95 Å². The highest BCUT2D eigenvalue weighted by atomic mass is 15.3. The number of hydrogen-bond donors (Lipinski definition) is 1. The van der Waals surface area contributed by atoms with Gasteiger partial charge < -0.3 is 10.2 Å². The minimum absolute atomic E-state index is 0.551. The van der Waals surface area contributed by atoms with Gasteiger partial charge in [-0.3, -0.25) is 4.98 Å². The van der Waals surface area contributed by atoms with E-state index in [-0.39, 0.29) is 0 Å². The van der Waals surface area contributed by atoms with E-state index < -0.39 is 0 Å². The van der Waals surface area contributed by atoms with E-state index in [1.165, 1.54) is 36.9 Å². The Morgan fingerprint density at radius 2 is 1.88 bits per heavy atom. The first-order valence-electron chi connectivity index (χ1n) is 9.53. The molecular formula is C20H27N5. The van der Waals surface area contributed by atoms with Gasteiger partial charge in [0.15, 0.2) is 0 Å². The van der Waals surface area contributed by atoms with E-state index in [2.05, 4.69) is 34.3 Å². The second kappa shape index (κ2) is 7.48. The van der Waals surface area contributed by atoms with Gasteiger partial charge in [0, 0.05) is 43.0 Å². The van der Waals surface area contributed by atoms with Crippen LogP contribution < -0.4 is 10.2 Å². The predicted molar refractivity (Wildman–Crippen MR) is 100 cm³/mol. The highest BCUT2D eigenvalue weighted by Crippen LogP contribution is 2.27. The van der Waals surface area contributed by atoms with Crippen LogP contribution in [0.25, 0.3) is 0 Å². The zero-order chi connectivity index (χ0) is 17.1. The first kappa shape index (κ1) is 16.5. The topological polar surface area (TPSA) is 53.9 Å². The minimum atomic E-state index is 0.551. The standard InChI is InChI=1S/C20H27N5/c1-15-4-9-22-17(12-15)13-18-14-19(16-5-7-21-8-6-16)24-20(23-18)25-10-2-3-11-25/h4,9,12,14,16,21H,2-3,5-8,10-11,13H2,1H3.